The molecule has 36 heavy (non-hydrogen) atoms. The molecule has 8 nitrogen and oxygen atoms in total. The summed E-state index contributed by atoms with van der Waals surface area (Å²) in [5, 5.41) is 11.7. The average molecular weight is 483 g/mol. The van der Waals surface area contributed by atoms with Crippen molar-refractivity contribution in [2.75, 3.05) is 19.1 Å². The molecular formula is C28H21NO7. The van der Waals surface area contributed by atoms with Gasteiger partial charge in [0.05, 0.1) is 31.4 Å². The van der Waals surface area contributed by atoms with E-state index in [1.54, 1.807) is 60.7 Å². The standard InChI is InChI=1S/C28H21NO7/c1-34-21-10-6-4-8-19(21)24-23(25(30)22-15-17-7-3-5-9-20(17)36-22)26(31)27(32)29(24)18-13-11-16(12-14-18)28(33)35-2/h3-15,24,31H,1-2H3. The number of benzene rings is 3. The van der Waals surface area contributed by atoms with Gasteiger partial charge < -0.3 is 19.0 Å². The van der Waals surface area contributed by atoms with Crippen LogP contribution in [0.15, 0.2) is 94.6 Å². The molecule has 0 aliphatic carbocycles. The first-order chi connectivity index (χ1) is 17.4. The molecule has 1 aliphatic heterocycles. The number of rotatable bonds is 6. The first-order valence-electron chi connectivity index (χ1n) is 11.1. The molecule has 1 atom stereocenters. The second-order valence-corrected chi connectivity index (χ2v) is 8.10. The smallest absolute Gasteiger partial charge is 0.337 e. The van der Waals surface area contributed by atoms with Crippen molar-refractivity contribution in [1.82, 2.24) is 0 Å². The van der Waals surface area contributed by atoms with E-state index in [4.69, 9.17) is 13.9 Å². The molecule has 4 aromatic rings. The Morgan fingerprint density at radius 1 is 0.944 bits per heavy atom. The van der Waals surface area contributed by atoms with Gasteiger partial charge in [0.2, 0.25) is 5.78 Å². The lowest BCUT2D eigenvalue weighted by Gasteiger charge is -2.28. The number of carbonyl (C=O) groups excluding carboxylic acids is 3. The lowest BCUT2D eigenvalue weighted by atomic mass is 9.94. The van der Waals surface area contributed by atoms with E-state index in [9.17, 15) is 19.5 Å². The Bertz CT molecular complexity index is 1500. The van der Waals surface area contributed by atoms with E-state index in [1.165, 1.54) is 31.3 Å². The van der Waals surface area contributed by atoms with Gasteiger partial charge in [-0.2, -0.15) is 0 Å². The fourth-order valence-corrected chi connectivity index (χ4v) is 4.39. The molecule has 1 unspecified atom stereocenters. The summed E-state index contributed by atoms with van der Waals surface area (Å²) in [4.78, 5) is 40.3. The van der Waals surface area contributed by atoms with Gasteiger partial charge in [0.25, 0.3) is 5.91 Å². The highest BCUT2D eigenvalue weighted by Gasteiger charge is 2.46. The Morgan fingerprint density at radius 2 is 1.64 bits per heavy atom. The fourth-order valence-electron chi connectivity index (χ4n) is 4.39. The Balaban J connectivity index is 1.65. The zero-order valence-corrected chi connectivity index (χ0v) is 19.4. The minimum atomic E-state index is -1.02. The van der Waals surface area contributed by atoms with Crippen LogP contribution < -0.4 is 9.64 Å². The summed E-state index contributed by atoms with van der Waals surface area (Å²) in [5.41, 5.74) is 1.52. The summed E-state index contributed by atoms with van der Waals surface area (Å²) in [5.74, 6) is -2.19. The molecule has 0 bridgehead atoms. The number of Topliss-reactive ketones (excluding diaryl/α,β-unsaturated/α-hetero) is 1. The number of methoxy groups -OCH3 is 2. The quantitative estimate of drug-likeness (QED) is 0.303. The Morgan fingerprint density at radius 3 is 2.33 bits per heavy atom. The van der Waals surface area contributed by atoms with Crippen LogP contribution in [0.2, 0.25) is 0 Å². The molecule has 2 heterocycles. The Hall–Kier alpha value is -4.85. The summed E-state index contributed by atoms with van der Waals surface area (Å²) < 4.78 is 16.0. The van der Waals surface area contributed by atoms with Crippen molar-refractivity contribution < 1.29 is 33.4 Å². The summed E-state index contributed by atoms with van der Waals surface area (Å²) in [7, 11) is 2.76. The normalized spacial score (nSPS) is 15.4. The van der Waals surface area contributed by atoms with Crippen LogP contribution in [0.1, 0.15) is 32.5 Å². The molecule has 0 spiro atoms. The monoisotopic (exact) mass is 483 g/mol. The van der Waals surface area contributed by atoms with Crippen LogP contribution in [0.4, 0.5) is 5.69 Å². The maximum absolute atomic E-state index is 13.7. The van der Waals surface area contributed by atoms with Crippen molar-refractivity contribution >= 4 is 34.3 Å². The van der Waals surface area contributed by atoms with E-state index in [1.807, 2.05) is 6.07 Å². The third-order valence-corrected chi connectivity index (χ3v) is 6.10. The lowest BCUT2D eigenvalue weighted by molar-refractivity contribution is -0.117. The molecule has 0 saturated heterocycles. The van der Waals surface area contributed by atoms with E-state index < -0.39 is 29.5 Å². The number of amides is 1. The maximum Gasteiger partial charge on any atom is 0.337 e. The second kappa shape index (κ2) is 9.07. The minimum Gasteiger partial charge on any atom is -0.503 e. The van der Waals surface area contributed by atoms with Gasteiger partial charge in [-0.15, -0.1) is 0 Å². The highest BCUT2D eigenvalue weighted by molar-refractivity contribution is 6.20. The molecule has 180 valence electrons. The van der Waals surface area contributed by atoms with E-state index in [2.05, 4.69) is 0 Å². The van der Waals surface area contributed by atoms with E-state index in [0.29, 0.717) is 22.6 Å². The highest BCUT2D eigenvalue weighted by Crippen LogP contribution is 2.45. The molecule has 0 saturated carbocycles. The van der Waals surface area contributed by atoms with Gasteiger partial charge in [-0.05, 0) is 42.5 Å². The Labute approximate surface area is 206 Å². The van der Waals surface area contributed by atoms with Crippen LogP contribution in [-0.4, -0.2) is 37.0 Å². The number of aliphatic hydroxyl groups excluding tert-OH is 1. The summed E-state index contributed by atoms with van der Waals surface area (Å²) >= 11 is 0. The summed E-state index contributed by atoms with van der Waals surface area (Å²) in [6.07, 6.45) is 0. The van der Waals surface area contributed by atoms with E-state index in [-0.39, 0.29) is 16.9 Å². The number of furan rings is 1. The molecular weight excluding hydrogens is 462 g/mol. The molecule has 1 N–H and O–H groups in total. The lowest BCUT2D eigenvalue weighted by Crippen LogP contribution is -2.31. The van der Waals surface area contributed by atoms with Crippen LogP contribution >= 0.6 is 0 Å². The number of nitrogens with zero attached hydrogens (tertiary/aromatic N) is 1. The average Bonchev–Trinajstić information content (AvgIpc) is 3.47. The van der Waals surface area contributed by atoms with Crippen molar-refractivity contribution in [2.24, 2.45) is 0 Å². The van der Waals surface area contributed by atoms with E-state index in [0.717, 1.165) is 5.39 Å². The minimum absolute atomic E-state index is 0.00617. The molecule has 1 aromatic heterocycles. The predicted molar refractivity (Wildman–Crippen MR) is 131 cm³/mol. The van der Waals surface area contributed by atoms with Gasteiger partial charge in [-0.1, -0.05) is 36.4 Å². The molecule has 0 radical (unpaired) electrons. The molecule has 8 heteroatoms. The number of carbonyl (C=O) groups is 3. The van der Waals surface area contributed by atoms with Gasteiger partial charge in [-0.3, -0.25) is 14.5 Å². The fraction of sp³-hybridized carbons (Fsp3) is 0.107. The third-order valence-electron chi connectivity index (χ3n) is 6.10. The van der Waals surface area contributed by atoms with Crippen molar-refractivity contribution in [1.29, 1.82) is 0 Å². The van der Waals surface area contributed by atoms with Crippen LogP contribution in [0.5, 0.6) is 5.75 Å². The summed E-state index contributed by atoms with van der Waals surface area (Å²) in [6, 6.07) is 20.7. The molecule has 1 amide bonds. The van der Waals surface area contributed by atoms with Crippen LogP contribution in [0.25, 0.3) is 11.0 Å². The Kier molecular flexibility index (Phi) is 5.77. The number of fused-ring (bicyclic) bond motifs is 1. The van der Waals surface area contributed by atoms with Gasteiger partial charge in [0.1, 0.15) is 11.3 Å². The molecule has 3 aromatic carbocycles. The number of ether oxygens (including phenoxy) is 2. The zero-order valence-electron chi connectivity index (χ0n) is 19.4. The highest BCUT2D eigenvalue weighted by atomic mass is 16.5. The molecule has 1 aliphatic rings. The van der Waals surface area contributed by atoms with E-state index >= 15 is 0 Å². The SMILES string of the molecule is COC(=O)c1ccc(N2C(=O)C(O)=C(C(=O)c3cc4ccccc4o3)C2c2ccccc2OC)cc1. The number of hydrogen-bond acceptors (Lipinski definition) is 7. The first kappa shape index (κ1) is 22.9. The van der Waals surface area contributed by atoms with Gasteiger partial charge in [0.15, 0.2) is 11.5 Å². The zero-order chi connectivity index (χ0) is 25.4. The van der Waals surface area contributed by atoms with Crippen LogP contribution in [0.3, 0.4) is 0 Å². The van der Waals surface area contributed by atoms with Crippen molar-refractivity contribution in [2.45, 2.75) is 6.04 Å². The number of ketones is 1. The van der Waals surface area contributed by atoms with Crippen LogP contribution in [0, 0.1) is 0 Å². The largest absolute Gasteiger partial charge is 0.503 e. The number of esters is 1. The number of para-hydroxylation sites is 2. The predicted octanol–water partition coefficient (Wildman–Crippen LogP) is 5.01. The van der Waals surface area contributed by atoms with Crippen molar-refractivity contribution in [3.8, 4) is 5.75 Å². The van der Waals surface area contributed by atoms with Gasteiger partial charge in [0, 0.05) is 16.6 Å². The van der Waals surface area contributed by atoms with Crippen molar-refractivity contribution in [3.05, 3.63) is 107 Å². The first-order valence-corrected chi connectivity index (χ1v) is 11.1. The second-order valence-electron chi connectivity index (χ2n) is 8.10. The number of hydrogen-bond donors (Lipinski definition) is 1. The topological polar surface area (TPSA) is 106 Å². The number of anilines is 1. The van der Waals surface area contributed by atoms with Gasteiger partial charge >= 0.3 is 5.97 Å². The molecule has 5 rings (SSSR count). The maximum atomic E-state index is 13.7. The van der Waals surface area contributed by atoms with Crippen LogP contribution in [-0.2, 0) is 9.53 Å². The van der Waals surface area contributed by atoms with Gasteiger partial charge in [-0.25, -0.2) is 4.79 Å². The summed E-state index contributed by atoms with van der Waals surface area (Å²) in [6.45, 7) is 0. The number of aliphatic hydroxyl groups is 1. The molecule has 0 fully saturated rings. The third kappa shape index (κ3) is 3.69. The van der Waals surface area contributed by atoms with Crippen molar-refractivity contribution in [3.63, 3.8) is 0 Å².